The van der Waals surface area contributed by atoms with Gasteiger partial charge in [0.2, 0.25) is 0 Å². The molecule has 4 rings (SSSR count). The van der Waals surface area contributed by atoms with E-state index >= 15 is 0 Å². The van der Waals surface area contributed by atoms with Gasteiger partial charge in [0.05, 0.1) is 6.61 Å². The van der Waals surface area contributed by atoms with Crippen LogP contribution in [0.4, 0.5) is 0 Å². The number of ether oxygens (including phenoxy) is 3. The molecule has 1 heterocycles. The SMILES string of the molecule is CCOc1ccc(CC2(C(=O)O)CCCO2)cc1CNC(=O)c1ccc(OCc2ccccc2)cc1. The van der Waals surface area contributed by atoms with Crippen LogP contribution < -0.4 is 14.8 Å². The fourth-order valence-electron chi connectivity index (χ4n) is 4.31. The molecule has 188 valence electrons. The van der Waals surface area contributed by atoms with Gasteiger partial charge in [0.15, 0.2) is 5.60 Å². The van der Waals surface area contributed by atoms with Crippen LogP contribution >= 0.6 is 0 Å². The van der Waals surface area contributed by atoms with Crippen LogP contribution in [-0.4, -0.2) is 35.8 Å². The lowest BCUT2D eigenvalue weighted by Crippen LogP contribution is -2.40. The number of benzene rings is 3. The van der Waals surface area contributed by atoms with Crippen LogP contribution in [0.1, 0.15) is 46.8 Å². The lowest BCUT2D eigenvalue weighted by atomic mass is 9.91. The zero-order valence-corrected chi connectivity index (χ0v) is 20.4. The molecule has 3 aromatic carbocycles. The molecular formula is C29H31NO6. The minimum atomic E-state index is -1.20. The van der Waals surface area contributed by atoms with E-state index in [0.717, 1.165) is 23.1 Å². The Morgan fingerprint density at radius 1 is 1.00 bits per heavy atom. The van der Waals surface area contributed by atoms with E-state index in [0.29, 0.717) is 43.3 Å². The molecule has 36 heavy (non-hydrogen) atoms. The molecule has 0 bridgehead atoms. The number of aliphatic carboxylic acids is 1. The number of hydrogen-bond acceptors (Lipinski definition) is 5. The van der Waals surface area contributed by atoms with Gasteiger partial charge in [-0.1, -0.05) is 42.5 Å². The highest BCUT2D eigenvalue weighted by Gasteiger charge is 2.43. The molecule has 0 spiro atoms. The van der Waals surface area contributed by atoms with Gasteiger partial charge in [0, 0.05) is 30.7 Å². The van der Waals surface area contributed by atoms with Crippen LogP contribution in [0.3, 0.4) is 0 Å². The van der Waals surface area contributed by atoms with Crippen LogP contribution in [0.5, 0.6) is 11.5 Å². The molecule has 0 saturated carbocycles. The van der Waals surface area contributed by atoms with E-state index in [4.69, 9.17) is 14.2 Å². The molecule has 1 aliphatic heterocycles. The zero-order valence-electron chi connectivity index (χ0n) is 20.4. The molecule has 3 aromatic rings. The Bertz CT molecular complexity index is 1170. The first kappa shape index (κ1) is 25.3. The fourth-order valence-corrected chi connectivity index (χ4v) is 4.31. The van der Waals surface area contributed by atoms with Crippen LogP contribution in [0.25, 0.3) is 0 Å². The second kappa shape index (κ2) is 11.7. The highest BCUT2D eigenvalue weighted by Crippen LogP contribution is 2.31. The van der Waals surface area contributed by atoms with E-state index in [1.807, 2.05) is 55.5 Å². The van der Waals surface area contributed by atoms with Crippen LogP contribution in [0.15, 0.2) is 72.8 Å². The fraction of sp³-hybridized carbons (Fsp3) is 0.310. The van der Waals surface area contributed by atoms with Crippen molar-refractivity contribution in [2.45, 2.75) is 44.9 Å². The quantitative estimate of drug-likeness (QED) is 0.403. The van der Waals surface area contributed by atoms with Crippen LogP contribution in [0.2, 0.25) is 0 Å². The molecule has 0 aliphatic carbocycles. The first-order valence-electron chi connectivity index (χ1n) is 12.2. The predicted molar refractivity (Wildman–Crippen MR) is 135 cm³/mol. The second-order valence-electron chi connectivity index (χ2n) is 8.78. The Hall–Kier alpha value is -3.84. The molecule has 1 unspecified atom stereocenters. The number of carbonyl (C=O) groups is 2. The van der Waals surface area contributed by atoms with E-state index in [2.05, 4.69) is 5.32 Å². The Labute approximate surface area is 211 Å². The third-order valence-corrected chi connectivity index (χ3v) is 6.21. The number of carbonyl (C=O) groups excluding carboxylic acids is 1. The maximum atomic E-state index is 12.8. The number of hydrogen-bond donors (Lipinski definition) is 2. The molecule has 1 saturated heterocycles. The molecule has 1 atom stereocenters. The number of rotatable bonds is 11. The molecule has 1 fully saturated rings. The summed E-state index contributed by atoms with van der Waals surface area (Å²) in [6.45, 7) is 3.52. The maximum absolute atomic E-state index is 12.8. The molecule has 0 radical (unpaired) electrons. The van der Waals surface area contributed by atoms with Gasteiger partial charge >= 0.3 is 5.97 Å². The van der Waals surface area contributed by atoms with Gasteiger partial charge in [-0.25, -0.2) is 4.79 Å². The topological polar surface area (TPSA) is 94.1 Å². The summed E-state index contributed by atoms with van der Waals surface area (Å²) < 4.78 is 17.1. The van der Waals surface area contributed by atoms with Crippen molar-refractivity contribution in [1.29, 1.82) is 0 Å². The molecule has 1 aliphatic rings. The third kappa shape index (κ3) is 6.23. The molecule has 2 N–H and O–H groups in total. The summed E-state index contributed by atoms with van der Waals surface area (Å²) in [6.07, 6.45) is 1.47. The summed E-state index contributed by atoms with van der Waals surface area (Å²) in [5.74, 6) is 0.171. The molecular weight excluding hydrogens is 458 g/mol. The Morgan fingerprint density at radius 3 is 2.44 bits per heavy atom. The number of amides is 1. The van der Waals surface area contributed by atoms with Crippen molar-refractivity contribution in [2.75, 3.05) is 13.2 Å². The Balaban J connectivity index is 1.39. The van der Waals surface area contributed by atoms with E-state index in [9.17, 15) is 14.7 Å². The van der Waals surface area contributed by atoms with Crippen LogP contribution in [-0.2, 0) is 29.1 Å². The van der Waals surface area contributed by atoms with Gasteiger partial charge in [0.25, 0.3) is 5.91 Å². The Morgan fingerprint density at radius 2 is 1.78 bits per heavy atom. The molecule has 7 heteroatoms. The van der Waals surface area contributed by atoms with Crippen molar-refractivity contribution < 1.29 is 28.9 Å². The van der Waals surface area contributed by atoms with Crippen molar-refractivity contribution in [2.24, 2.45) is 0 Å². The highest BCUT2D eigenvalue weighted by atomic mass is 16.5. The summed E-state index contributed by atoms with van der Waals surface area (Å²) in [5, 5.41) is 12.7. The normalized spacial score (nSPS) is 16.9. The standard InChI is InChI=1S/C29H31NO6/c1-2-34-26-14-9-22(18-29(28(32)33)15-6-16-36-29)17-24(26)19-30-27(31)23-10-12-25(13-11-23)35-20-21-7-4-3-5-8-21/h3-5,7-14,17H,2,6,15-16,18-20H2,1H3,(H,30,31)(H,32,33). The minimum absolute atomic E-state index is 0.224. The predicted octanol–water partition coefficient (Wildman–Crippen LogP) is 4.77. The summed E-state index contributed by atoms with van der Waals surface area (Å²) in [4.78, 5) is 24.7. The number of nitrogens with one attached hydrogen (secondary N) is 1. The average molecular weight is 490 g/mol. The third-order valence-electron chi connectivity index (χ3n) is 6.21. The van der Waals surface area contributed by atoms with Crippen molar-refractivity contribution in [1.82, 2.24) is 5.32 Å². The number of carboxylic acids is 1. The Kier molecular flexibility index (Phi) is 8.23. The largest absolute Gasteiger partial charge is 0.494 e. The summed E-state index contributed by atoms with van der Waals surface area (Å²) in [7, 11) is 0. The first-order chi connectivity index (χ1) is 17.5. The lowest BCUT2D eigenvalue weighted by molar-refractivity contribution is -0.159. The minimum Gasteiger partial charge on any atom is -0.494 e. The van der Waals surface area contributed by atoms with Crippen molar-refractivity contribution in [3.8, 4) is 11.5 Å². The highest BCUT2D eigenvalue weighted by molar-refractivity contribution is 5.94. The van der Waals surface area contributed by atoms with Crippen molar-refractivity contribution in [3.05, 3.63) is 95.1 Å². The maximum Gasteiger partial charge on any atom is 0.336 e. The number of carboxylic acid groups (broad SMARTS) is 1. The van der Waals surface area contributed by atoms with Crippen molar-refractivity contribution >= 4 is 11.9 Å². The second-order valence-corrected chi connectivity index (χ2v) is 8.78. The van der Waals surface area contributed by atoms with Gasteiger partial charge in [0.1, 0.15) is 18.1 Å². The lowest BCUT2D eigenvalue weighted by Gasteiger charge is -2.24. The first-order valence-corrected chi connectivity index (χ1v) is 12.2. The summed E-state index contributed by atoms with van der Waals surface area (Å²) >= 11 is 0. The summed E-state index contributed by atoms with van der Waals surface area (Å²) in [6, 6.07) is 22.4. The van der Waals surface area contributed by atoms with E-state index in [1.54, 1.807) is 24.3 Å². The average Bonchev–Trinajstić information content (AvgIpc) is 3.38. The monoisotopic (exact) mass is 489 g/mol. The smallest absolute Gasteiger partial charge is 0.336 e. The van der Waals surface area contributed by atoms with Gasteiger partial charge in [-0.15, -0.1) is 0 Å². The molecule has 1 amide bonds. The van der Waals surface area contributed by atoms with E-state index in [1.165, 1.54) is 0 Å². The molecule has 0 aromatic heterocycles. The summed E-state index contributed by atoms with van der Waals surface area (Å²) in [5.41, 5.74) is 1.99. The van der Waals surface area contributed by atoms with Crippen molar-refractivity contribution in [3.63, 3.8) is 0 Å². The van der Waals surface area contributed by atoms with E-state index < -0.39 is 11.6 Å². The zero-order chi connectivity index (χ0) is 25.4. The van der Waals surface area contributed by atoms with Gasteiger partial charge < -0.3 is 24.6 Å². The van der Waals surface area contributed by atoms with Gasteiger partial charge in [-0.2, -0.15) is 0 Å². The van der Waals surface area contributed by atoms with Crippen LogP contribution in [0, 0.1) is 0 Å². The van der Waals surface area contributed by atoms with Gasteiger partial charge in [-0.3, -0.25) is 4.79 Å². The molecule has 7 nitrogen and oxygen atoms in total. The van der Waals surface area contributed by atoms with Gasteiger partial charge in [-0.05, 0) is 61.2 Å². The van der Waals surface area contributed by atoms with E-state index in [-0.39, 0.29) is 18.9 Å².